The molecule has 1 aliphatic rings. The third kappa shape index (κ3) is 6.03. The largest absolute Gasteiger partial charge is 0.369 e. The number of benzene rings is 2. The summed E-state index contributed by atoms with van der Waals surface area (Å²) < 4.78 is 36.7. The fraction of sp³-hybridized carbons (Fsp3) is 0.409. The molecule has 0 spiro atoms. The average molecular weight is 449 g/mol. The molecule has 0 radical (unpaired) electrons. The number of likely N-dealkylation sites (N-methyl/N-ethyl adjacent to an activating group) is 1. The van der Waals surface area contributed by atoms with Crippen molar-refractivity contribution in [1.29, 1.82) is 0 Å². The first-order valence-electron chi connectivity index (χ1n) is 10.3. The number of piperazine rings is 1. The Hall–Kier alpha value is -2.49. The molecule has 1 saturated heterocycles. The molecule has 1 heterocycles. The number of hydrogen-bond donors (Lipinski definition) is 2. The van der Waals surface area contributed by atoms with Crippen LogP contribution in [0.15, 0.2) is 47.4 Å². The third-order valence-corrected chi connectivity index (χ3v) is 6.54. The van der Waals surface area contributed by atoms with Crippen molar-refractivity contribution in [2.75, 3.05) is 37.6 Å². The molecule has 31 heavy (non-hydrogen) atoms. The van der Waals surface area contributed by atoms with E-state index >= 15 is 0 Å². The number of anilines is 1. The summed E-state index contributed by atoms with van der Waals surface area (Å²) in [5, 5.41) is 8.03. The van der Waals surface area contributed by atoms with Gasteiger partial charge in [0.1, 0.15) is 5.82 Å². The number of carbonyl (C=O) groups excluding carboxylic acids is 1. The Balaban J connectivity index is 1.69. The molecule has 7 nitrogen and oxygen atoms in total. The molecule has 1 aliphatic heterocycles. The van der Waals surface area contributed by atoms with Gasteiger partial charge in [0.15, 0.2) is 0 Å². The summed E-state index contributed by atoms with van der Waals surface area (Å²) in [6.07, 6.45) is 0.0784. The maximum absolute atomic E-state index is 14.0. The lowest BCUT2D eigenvalue weighted by molar-refractivity contribution is -0.121. The maximum Gasteiger partial charge on any atom is 0.238 e. The van der Waals surface area contributed by atoms with E-state index in [1.165, 1.54) is 24.3 Å². The van der Waals surface area contributed by atoms with Crippen LogP contribution in [0.4, 0.5) is 10.1 Å². The van der Waals surface area contributed by atoms with E-state index in [2.05, 4.69) is 22.0 Å². The van der Waals surface area contributed by atoms with Gasteiger partial charge in [0.05, 0.1) is 17.4 Å². The van der Waals surface area contributed by atoms with Crippen LogP contribution in [0.1, 0.15) is 31.0 Å². The highest BCUT2D eigenvalue weighted by Crippen LogP contribution is 2.28. The van der Waals surface area contributed by atoms with Crippen molar-refractivity contribution < 1.29 is 17.6 Å². The number of halogens is 1. The number of hydrogen-bond acceptors (Lipinski definition) is 5. The topological polar surface area (TPSA) is 95.7 Å². The van der Waals surface area contributed by atoms with E-state index in [1.54, 1.807) is 18.2 Å². The first-order chi connectivity index (χ1) is 14.7. The Morgan fingerprint density at radius 1 is 1.13 bits per heavy atom. The van der Waals surface area contributed by atoms with Gasteiger partial charge in [0, 0.05) is 37.4 Å². The van der Waals surface area contributed by atoms with Gasteiger partial charge in [0.2, 0.25) is 15.9 Å². The van der Waals surface area contributed by atoms with Crippen LogP contribution in [0.5, 0.6) is 0 Å². The zero-order valence-electron chi connectivity index (χ0n) is 17.8. The van der Waals surface area contributed by atoms with Gasteiger partial charge >= 0.3 is 0 Å². The Kier molecular flexibility index (Phi) is 7.30. The van der Waals surface area contributed by atoms with E-state index in [0.717, 1.165) is 44.0 Å². The molecular formula is C22H29FN4O3S. The molecule has 9 heteroatoms. The van der Waals surface area contributed by atoms with E-state index < -0.39 is 10.0 Å². The normalized spacial score (nSPS) is 16.2. The van der Waals surface area contributed by atoms with E-state index in [4.69, 9.17) is 5.14 Å². The van der Waals surface area contributed by atoms with Crippen molar-refractivity contribution in [2.45, 2.75) is 31.2 Å². The van der Waals surface area contributed by atoms with E-state index in [0.29, 0.717) is 5.56 Å². The lowest BCUT2D eigenvalue weighted by Gasteiger charge is -2.37. The Bertz CT molecular complexity index is 1020. The van der Waals surface area contributed by atoms with Crippen LogP contribution in [0, 0.1) is 5.82 Å². The van der Waals surface area contributed by atoms with Gasteiger partial charge in [-0.3, -0.25) is 4.79 Å². The first kappa shape index (κ1) is 23.2. The lowest BCUT2D eigenvalue weighted by atomic mass is 10.0. The van der Waals surface area contributed by atoms with Crippen LogP contribution in [0.3, 0.4) is 0 Å². The molecule has 3 N–H and O–H groups in total. The van der Waals surface area contributed by atoms with Gasteiger partial charge in [0.25, 0.3) is 0 Å². The lowest BCUT2D eigenvalue weighted by Crippen LogP contribution is -2.46. The maximum atomic E-state index is 14.0. The quantitative estimate of drug-likeness (QED) is 0.676. The second kappa shape index (κ2) is 9.76. The number of nitrogens with one attached hydrogen (secondary N) is 1. The van der Waals surface area contributed by atoms with Gasteiger partial charge in [-0.05, 0) is 49.4 Å². The molecule has 0 aromatic heterocycles. The summed E-state index contributed by atoms with van der Waals surface area (Å²) in [4.78, 5) is 17.2. The van der Waals surface area contributed by atoms with Crippen LogP contribution in [-0.4, -0.2) is 51.9 Å². The molecule has 0 saturated carbocycles. The van der Waals surface area contributed by atoms with Gasteiger partial charge in [-0.2, -0.15) is 0 Å². The van der Waals surface area contributed by atoms with Crippen LogP contribution >= 0.6 is 0 Å². The zero-order valence-corrected chi connectivity index (χ0v) is 18.7. The highest BCUT2D eigenvalue weighted by Gasteiger charge is 2.22. The van der Waals surface area contributed by atoms with Gasteiger partial charge in [-0.15, -0.1) is 0 Å². The number of rotatable bonds is 7. The number of nitrogens with two attached hydrogens (primary N) is 1. The molecule has 1 fully saturated rings. The van der Waals surface area contributed by atoms with Crippen molar-refractivity contribution in [1.82, 2.24) is 10.2 Å². The fourth-order valence-electron chi connectivity index (χ4n) is 3.82. The molecule has 0 bridgehead atoms. The van der Waals surface area contributed by atoms with Crippen LogP contribution in [0.2, 0.25) is 0 Å². The minimum atomic E-state index is -3.77. The molecule has 168 valence electrons. The second-order valence-electron chi connectivity index (χ2n) is 7.78. The SMILES string of the molecule is CCN1CCN(c2ccc(F)cc2C(C)NC(=O)Cc2ccc(S(N)(=O)=O)cc2)CC1. The number of nitrogens with zero attached hydrogens (tertiary/aromatic N) is 2. The summed E-state index contributed by atoms with van der Waals surface area (Å²) in [6, 6.07) is 10.2. The van der Waals surface area contributed by atoms with Gasteiger partial charge in [-0.1, -0.05) is 19.1 Å². The molecule has 1 atom stereocenters. The summed E-state index contributed by atoms with van der Waals surface area (Å²) in [7, 11) is -3.77. The number of carbonyl (C=O) groups is 1. The molecule has 2 aromatic rings. The summed E-state index contributed by atoms with van der Waals surface area (Å²) in [5.74, 6) is -0.576. The number of sulfonamides is 1. The smallest absolute Gasteiger partial charge is 0.238 e. The fourth-order valence-corrected chi connectivity index (χ4v) is 4.33. The Morgan fingerprint density at radius 2 is 1.77 bits per heavy atom. The predicted octanol–water partition coefficient (Wildman–Crippen LogP) is 2.03. The predicted molar refractivity (Wildman–Crippen MR) is 119 cm³/mol. The molecule has 1 unspecified atom stereocenters. The molecule has 3 rings (SSSR count). The number of primary sulfonamides is 1. The summed E-state index contributed by atoms with van der Waals surface area (Å²) >= 11 is 0. The van der Waals surface area contributed by atoms with Gasteiger partial charge < -0.3 is 15.1 Å². The van der Waals surface area contributed by atoms with Gasteiger partial charge in [-0.25, -0.2) is 17.9 Å². The highest BCUT2D eigenvalue weighted by atomic mass is 32.2. The number of amides is 1. The molecule has 2 aromatic carbocycles. The highest BCUT2D eigenvalue weighted by molar-refractivity contribution is 7.89. The average Bonchev–Trinajstić information content (AvgIpc) is 2.73. The molecular weight excluding hydrogens is 419 g/mol. The monoisotopic (exact) mass is 448 g/mol. The minimum absolute atomic E-state index is 0.00222. The zero-order chi connectivity index (χ0) is 22.6. The van der Waals surface area contributed by atoms with E-state index in [9.17, 15) is 17.6 Å². The third-order valence-electron chi connectivity index (χ3n) is 5.61. The van der Waals surface area contributed by atoms with Crippen molar-refractivity contribution >= 4 is 21.6 Å². The van der Waals surface area contributed by atoms with Crippen LogP contribution in [-0.2, 0) is 21.2 Å². The molecule has 0 aliphatic carbocycles. The van der Waals surface area contributed by atoms with Crippen molar-refractivity contribution in [3.63, 3.8) is 0 Å². The summed E-state index contributed by atoms with van der Waals surface area (Å²) in [5.41, 5.74) is 2.33. The van der Waals surface area contributed by atoms with Crippen molar-refractivity contribution in [3.8, 4) is 0 Å². The Labute approximate surface area is 183 Å². The van der Waals surface area contributed by atoms with E-state index in [-0.39, 0.29) is 29.1 Å². The summed E-state index contributed by atoms with van der Waals surface area (Å²) in [6.45, 7) is 8.58. The first-order valence-corrected chi connectivity index (χ1v) is 11.9. The van der Waals surface area contributed by atoms with Crippen molar-refractivity contribution in [3.05, 3.63) is 59.4 Å². The minimum Gasteiger partial charge on any atom is -0.369 e. The Morgan fingerprint density at radius 3 is 2.35 bits per heavy atom. The van der Waals surface area contributed by atoms with E-state index in [1.807, 2.05) is 6.92 Å². The standard InChI is InChI=1S/C22H29FN4O3S/c1-3-26-10-12-27(13-11-26)21-9-6-18(23)15-20(21)16(2)25-22(28)14-17-4-7-19(8-5-17)31(24,29)30/h4-9,15-16H,3,10-14H2,1-2H3,(H,25,28)(H2,24,29,30). The van der Waals surface area contributed by atoms with Crippen LogP contribution in [0.25, 0.3) is 0 Å². The second-order valence-corrected chi connectivity index (χ2v) is 9.34. The molecule has 1 amide bonds. The van der Waals surface area contributed by atoms with Crippen molar-refractivity contribution in [2.24, 2.45) is 5.14 Å². The van der Waals surface area contributed by atoms with Crippen LogP contribution < -0.4 is 15.4 Å².